The van der Waals surface area contributed by atoms with Crippen LogP contribution in [0.2, 0.25) is 0 Å². The van der Waals surface area contributed by atoms with Gasteiger partial charge in [0.05, 0.1) is 24.2 Å². The number of nitrogens with one attached hydrogen (secondary N) is 1. The standard InChI is InChI=1S/C23H25F2N5O/c1-14-18(15(2)29(4)28-14)9-10-31-23-19(6-7-20(24)22(23)25)16-5-8-21-27-12-17(11-26-3)30(21)13-16/h5-8,12-13,26H,9-11H2,1-4H3. The number of pyridine rings is 1. The first kappa shape index (κ1) is 21.0. The van der Waals surface area contributed by atoms with E-state index in [4.69, 9.17) is 4.74 Å². The first-order valence-electron chi connectivity index (χ1n) is 10.1. The third-order valence-electron chi connectivity index (χ3n) is 5.56. The van der Waals surface area contributed by atoms with Crippen molar-refractivity contribution in [2.45, 2.75) is 26.8 Å². The number of aromatic nitrogens is 4. The molecule has 6 nitrogen and oxygen atoms in total. The van der Waals surface area contributed by atoms with Crippen molar-refractivity contribution in [2.24, 2.45) is 7.05 Å². The minimum atomic E-state index is -0.988. The molecular formula is C23H25F2N5O. The third-order valence-corrected chi connectivity index (χ3v) is 5.56. The molecule has 31 heavy (non-hydrogen) atoms. The van der Waals surface area contributed by atoms with E-state index in [1.807, 2.05) is 55.4 Å². The summed E-state index contributed by atoms with van der Waals surface area (Å²) < 4.78 is 38.3. The number of aryl methyl sites for hydroxylation is 2. The Morgan fingerprint density at radius 3 is 2.65 bits per heavy atom. The Balaban J connectivity index is 1.67. The zero-order chi connectivity index (χ0) is 22.1. The maximum absolute atomic E-state index is 14.7. The minimum absolute atomic E-state index is 0.0890. The van der Waals surface area contributed by atoms with Crippen LogP contribution in [-0.4, -0.2) is 32.8 Å². The summed E-state index contributed by atoms with van der Waals surface area (Å²) in [6.07, 6.45) is 4.20. The van der Waals surface area contributed by atoms with Gasteiger partial charge in [-0.3, -0.25) is 4.68 Å². The summed E-state index contributed by atoms with van der Waals surface area (Å²) in [5, 5.41) is 7.50. The average molecular weight is 425 g/mol. The number of ether oxygens (including phenoxy) is 1. The molecule has 0 saturated heterocycles. The van der Waals surface area contributed by atoms with Crippen molar-refractivity contribution in [3.63, 3.8) is 0 Å². The summed E-state index contributed by atoms with van der Waals surface area (Å²) in [6.45, 7) is 4.75. The maximum atomic E-state index is 14.7. The molecule has 0 aliphatic heterocycles. The van der Waals surface area contributed by atoms with E-state index >= 15 is 0 Å². The Morgan fingerprint density at radius 2 is 1.94 bits per heavy atom. The molecule has 3 heterocycles. The number of rotatable bonds is 7. The molecule has 4 aromatic rings. The summed E-state index contributed by atoms with van der Waals surface area (Å²) in [5.41, 5.74) is 5.94. The van der Waals surface area contributed by atoms with Crippen LogP contribution in [0.15, 0.2) is 36.7 Å². The quantitative estimate of drug-likeness (QED) is 0.487. The number of fused-ring (bicyclic) bond motifs is 1. The Hall–Kier alpha value is -3.26. The molecule has 162 valence electrons. The maximum Gasteiger partial charge on any atom is 0.201 e. The third kappa shape index (κ3) is 3.90. The van der Waals surface area contributed by atoms with Crippen LogP contribution >= 0.6 is 0 Å². The highest BCUT2D eigenvalue weighted by Crippen LogP contribution is 2.34. The Kier molecular flexibility index (Phi) is 5.73. The highest BCUT2D eigenvalue weighted by molar-refractivity contribution is 5.71. The molecule has 0 unspecified atom stereocenters. The molecule has 1 N–H and O–H groups in total. The molecule has 0 saturated carbocycles. The van der Waals surface area contributed by atoms with Crippen LogP contribution in [-0.2, 0) is 20.0 Å². The molecule has 3 aromatic heterocycles. The fraction of sp³-hybridized carbons (Fsp3) is 0.304. The van der Waals surface area contributed by atoms with Crippen molar-refractivity contribution >= 4 is 5.65 Å². The van der Waals surface area contributed by atoms with Gasteiger partial charge in [0.1, 0.15) is 5.65 Å². The molecule has 8 heteroatoms. The van der Waals surface area contributed by atoms with Gasteiger partial charge >= 0.3 is 0 Å². The lowest BCUT2D eigenvalue weighted by Crippen LogP contribution is -2.08. The molecule has 0 aliphatic carbocycles. The van der Waals surface area contributed by atoms with E-state index in [0.29, 0.717) is 24.1 Å². The summed E-state index contributed by atoms with van der Waals surface area (Å²) in [4.78, 5) is 4.38. The van der Waals surface area contributed by atoms with Crippen molar-refractivity contribution in [1.29, 1.82) is 0 Å². The molecule has 0 spiro atoms. The lowest BCUT2D eigenvalue weighted by Gasteiger charge is -2.14. The second-order valence-corrected chi connectivity index (χ2v) is 7.54. The largest absolute Gasteiger partial charge is 0.489 e. The minimum Gasteiger partial charge on any atom is -0.489 e. The Bertz CT molecular complexity index is 1240. The summed E-state index contributed by atoms with van der Waals surface area (Å²) >= 11 is 0. The topological polar surface area (TPSA) is 56.4 Å². The first-order chi connectivity index (χ1) is 14.9. The van der Waals surface area contributed by atoms with E-state index < -0.39 is 11.6 Å². The first-order valence-corrected chi connectivity index (χ1v) is 10.1. The van der Waals surface area contributed by atoms with Gasteiger partial charge in [-0.25, -0.2) is 9.37 Å². The van der Waals surface area contributed by atoms with Crippen molar-refractivity contribution in [3.05, 3.63) is 70.9 Å². The number of benzene rings is 1. The van der Waals surface area contributed by atoms with Gasteiger partial charge in [0.15, 0.2) is 11.6 Å². The Labute approximate surface area is 179 Å². The second kappa shape index (κ2) is 8.47. The lowest BCUT2D eigenvalue weighted by molar-refractivity contribution is 0.300. The van der Waals surface area contributed by atoms with Crippen molar-refractivity contribution in [3.8, 4) is 16.9 Å². The van der Waals surface area contributed by atoms with Gasteiger partial charge in [-0.05, 0) is 50.7 Å². The van der Waals surface area contributed by atoms with Gasteiger partial charge in [0.25, 0.3) is 0 Å². The SMILES string of the molecule is CNCc1cnc2ccc(-c3ccc(F)c(F)c3OCCc3c(C)nn(C)c3C)cn12. The van der Waals surface area contributed by atoms with Crippen LogP contribution in [0.5, 0.6) is 5.75 Å². The van der Waals surface area contributed by atoms with Gasteiger partial charge < -0.3 is 14.5 Å². The molecule has 0 bridgehead atoms. The van der Waals surface area contributed by atoms with Gasteiger partial charge in [-0.15, -0.1) is 0 Å². The van der Waals surface area contributed by atoms with E-state index in [1.165, 1.54) is 0 Å². The van der Waals surface area contributed by atoms with Crippen molar-refractivity contribution < 1.29 is 13.5 Å². The van der Waals surface area contributed by atoms with Gasteiger partial charge in [0.2, 0.25) is 5.82 Å². The predicted octanol–water partition coefficient (Wildman–Crippen LogP) is 3.97. The fourth-order valence-electron chi connectivity index (χ4n) is 3.84. The zero-order valence-electron chi connectivity index (χ0n) is 18.0. The fourth-order valence-corrected chi connectivity index (χ4v) is 3.84. The number of hydrogen-bond donors (Lipinski definition) is 1. The van der Waals surface area contributed by atoms with E-state index in [0.717, 1.165) is 34.4 Å². The van der Waals surface area contributed by atoms with E-state index in [-0.39, 0.29) is 12.4 Å². The molecule has 0 amide bonds. The molecule has 1 aromatic carbocycles. The smallest absolute Gasteiger partial charge is 0.201 e. The average Bonchev–Trinajstić information content (AvgIpc) is 3.26. The number of nitrogens with zero attached hydrogens (tertiary/aromatic N) is 4. The molecule has 0 atom stereocenters. The molecule has 0 fully saturated rings. The molecule has 4 rings (SSSR count). The lowest BCUT2D eigenvalue weighted by atomic mass is 10.1. The van der Waals surface area contributed by atoms with Crippen LogP contribution in [0.25, 0.3) is 16.8 Å². The zero-order valence-corrected chi connectivity index (χ0v) is 18.0. The number of hydrogen-bond acceptors (Lipinski definition) is 4. The van der Waals surface area contributed by atoms with Crippen LogP contribution < -0.4 is 10.1 Å². The number of halogens is 2. The molecular weight excluding hydrogens is 400 g/mol. The highest BCUT2D eigenvalue weighted by Gasteiger charge is 2.18. The van der Waals surface area contributed by atoms with E-state index in [1.54, 1.807) is 12.3 Å². The second-order valence-electron chi connectivity index (χ2n) is 7.54. The van der Waals surface area contributed by atoms with Crippen LogP contribution in [0.3, 0.4) is 0 Å². The van der Waals surface area contributed by atoms with Crippen LogP contribution in [0.4, 0.5) is 8.78 Å². The summed E-state index contributed by atoms with van der Waals surface area (Å²) in [7, 11) is 3.74. The predicted molar refractivity (Wildman–Crippen MR) is 115 cm³/mol. The normalized spacial score (nSPS) is 11.4. The molecule has 0 radical (unpaired) electrons. The number of imidazole rings is 1. The van der Waals surface area contributed by atoms with Gasteiger partial charge in [-0.2, -0.15) is 9.49 Å². The van der Waals surface area contributed by atoms with Crippen molar-refractivity contribution in [2.75, 3.05) is 13.7 Å². The van der Waals surface area contributed by atoms with Crippen LogP contribution in [0, 0.1) is 25.5 Å². The Morgan fingerprint density at radius 1 is 1.13 bits per heavy atom. The highest BCUT2D eigenvalue weighted by atomic mass is 19.2. The van der Waals surface area contributed by atoms with Crippen LogP contribution in [0.1, 0.15) is 22.6 Å². The van der Waals surface area contributed by atoms with Gasteiger partial charge in [0, 0.05) is 43.0 Å². The van der Waals surface area contributed by atoms with E-state index in [9.17, 15) is 8.78 Å². The summed E-state index contributed by atoms with van der Waals surface area (Å²) in [5.74, 6) is -2.01. The summed E-state index contributed by atoms with van der Waals surface area (Å²) in [6, 6.07) is 6.35. The van der Waals surface area contributed by atoms with Crippen molar-refractivity contribution in [1.82, 2.24) is 24.5 Å². The monoisotopic (exact) mass is 425 g/mol. The van der Waals surface area contributed by atoms with E-state index in [2.05, 4.69) is 15.4 Å². The van der Waals surface area contributed by atoms with Gasteiger partial charge in [-0.1, -0.05) is 0 Å². The molecule has 0 aliphatic rings.